The Morgan fingerprint density at radius 3 is 2.52 bits per heavy atom. The minimum absolute atomic E-state index is 0.0301. The standard InChI is InChI=1S/C25H31N3O3/c29-24(26-15-9-12-20-10-3-1-4-11-20)19-28-18-23(25(30)27-16-7-2-8-17-27)31-22-14-6-5-13-21(22)28/h1,3-6,10-11,13-14,23H,2,7-9,12,15-19H2,(H,26,29). The van der Waals surface area contributed by atoms with E-state index in [0.29, 0.717) is 18.8 Å². The molecule has 1 fully saturated rings. The van der Waals surface area contributed by atoms with Crippen LogP contribution in [0.1, 0.15) is 31.2 Å². The van der Waals surface area contributed by atoms with Crippen LogP contribution in [-0.2, 0) is 16.0 Å². The van der Waals surface area contributed by atoms with Crippen LogP contribution in [0.4, 0.5) is 5.69 Å². The SMILES string of the molecule is O=C(CN1CC(C(=O)N2CCCCC2)Oc2ccccc21)NCCCc1ccccc1. The van der Waals surface area contributed by atoms with Crippen LogP contribution < -0.4 is 15.0 Å². The molecule has 6 nitrogen and oxygen atoms in total. The molecule has 164 valence electrons. The molecule has 0 spiro atoms. The lowest BCUT2D eigenvalue weighted by Crippen LogP contribution is -2.53. The number of nitrogens with zero attached hydrogens (tertiary/aromatic N) is 2. The second kappa shape index (κ2) is 10.3. The molecule has 1 unspecified atom stereocenters. The Morgan fingerprint density at radius 2 is 1.71 bits per heavy atom. The summed E-state index contributed by atoms with van der Waals surface area (Å²) in [5, 5.41) is 3.02. The Morgan fingerprint density at radius 1 is 0.968 bits per heavy atom. The zero-order valence-electron chi connectivity index (χ0n) is 18.0. The van der Waals surface area contributed by atoms with Crippen molar-refractivity contribution < 1.29 is 14.3 Å². The highest BCUT2D eigenvalue weighted by Gasteiger charge is 2.34. The minimum atomic E-state index is -0.570. The molecule has 1 N–H and O–H groups in total. The number of fused-ring (bicyclic) bond motifs is 1. The number of ether oxygens (including phenoxy) is 1. The van der Waals surface area contributed by atoms with Crippen LogP contribution in [0.3, 0.4) is 0 Å². The van der Waals surface area contributed by atoms with Crippen LogP contribution in [0.2, 0.25) is 0 Å². The van der Waals surface area contributed by atoms with Gasteiger partial charge in [0.05, 0.1) is 18.8 Å². The summed E-state index contributed by atoms with van der Waals surface area (Å²) < 4.78 is 6.04. The number of anilines is 1. The first-order valence-corrected chi connectivity index (χ1v) is 11.3. The molecule has 2 heterocycles. The van der Waals surface area contributed by atoms with Crippen LogP contribution in [0, 0.1) is 0 Å². The number of piperidine rings is 1. The summed E-state index contributed by atoms with van der Waals surface area (Å²) in [6, 6.07) is 17.9. The van der Waals surface area contributed by atoms with Crippen molar-refractivity contribution in [2.75, 3.05) is 37.6 Å². The molecule has 31 heavy (non-hydrogen) atoms. The van der Waals surface area contributed by atoms with Crippen LogP contribution in [-0.4, -0.2) is 55.5 Å². The van der Waals surface area contributed by atoms with Gasteiger partial charge in [-0.25, -0.2) is 0 Å². The van der Waals surface area contributed by atoms with Crippen molar-refractivity contribution in [3.8, 4) is 5.75 Å². The Balaban J connectivity index is 1.33. The van der Waals surface area contributed by atoms with Crippen molar-refractivity contribution in [2.24, 2.45) is 0 Å². The van der Waals surface area contributed by atoms with Crippen molar-refractivity contribution >= 4 is 17.5 Å². The summed E-state index contributed by atoms with van der Waals surface area (Å²) in [6.07, 6.45) is 4.53. The predicted molar refractivity (Wildman–Crippen MR) is 121 cm³/mol. The highest BCUT2D eigenvalue weighted by molar-refractivity contribution is 5.86. The van der Waals surface area contributed by atoms with E-state index in [1.807, 2.05) is 52.3 Å². The van der Waals surface area contributed by atoms with E-state index in [1.165, 1.54) is 12.0 Å². The second-order valence-electron chi connectivity index (χ2n) is 8.28. The fraction of sp³-hybridized carbons (Fsp3) is 0.440. The number of hydrogen-bond acceptors (Lipinski definition) is 4. The molecule has 6 heteroatoms. The zero-order valence-corrected chi connectivity index (χ0v) is 18.0. The van der Waals surface area contributed by atoms with Gasteiger partial charge >= 0.3 is 0 Å². The molecule has 2 amide bonds. The highest BCUT2D eigenvalue weighted by atomic mass is 16.5. The predicted octanol–water partition coefficient (Wildman–Crippen LogP) is 3.02. The molecule has 2 aromatic carbocycles. The smallest absolute Gasteiger partial charge is 0.265 e. The van der Waals surface area contributed by atoms with E-state index < -0.39 is 6.10 Å². The molecule has 4 rings (SSSR count). The van der Waals surface area contributed by atoms with Gasteiger partial charge in [-0.05, 0) is 49.8 Å². The molecule has 2 aromatic rings. The first kappa shape index (κ1) is 21.2. The molecule has 1 atom stereocenters. The maximum atomic E-state index is 13.0. The van der Waals surface area contributed by atoms with Crippen LogP contribution >= 0.6 is 0 Å². The minimum Gasteiger partial charge on any atom is -0.477 e. The lowest BCUT2D eigenvalue weighted by atomic mass is 10.1. The molecular weight excluding hydrogens is 390 g/mol. The van der Waals surface area contributed by atoms with Crippen LogP contribution in [0.5, 0.6) is 5.75 Å². The number of amides is 2. The summed E-state index contributed by atoms with van der Waals surface area (Å²) in [6.45, 7) is 2.83. The summed E-state index contributed by atoms with van der Waals surface area (Å²) in [4.78, 5) is 29.5. The number of nitrogens with one attached hydrogen (secondary N) is 1. The number of benzene rings is 2. The number of aryl methyl sites for hydroxylation is 1. The van der Waals surface area contributed by atoms with Crippen molar-refractivity contribution in [2.45, 2.75) is 38.2 Å². The number of likely N-dealkylation sites (tertiary alicyclic amines) is 1. The Bertz CT molecular complexity index is 881. The summed E-state index contributed by atoms with van der Waals surface area (Å²) in [5.74, 6) is 0.664. The topological polar surface area (TPSA) is 61.9 Å². The fourth-order valence-electron chi connectivity index (χ4n) is 4.30. The molecule has 0 saturated carbocycles. The Hall–Kier alpha value is -3.02. The van der Waals surface area contributed by atoms with Gasteiger partial charge in [0.25, 0.3) is 5.91 Å². The summed E-state index contributed by atoms with van der Waals surface area (Å²) in [7, 11) is 0. The lowest BCUT2D eigenvalue weighted by molar-refractivity contribution is -0.139. The third kappa shape index (κ3) is 5.57. The maximum absolute atomic E-state index is 13.0. The molecular formula is C25H31N3O3. The maximum Gasteiger partial charge on any atom is 0.265 e. The van der Waals surface area contributed by atoms with Gasteiger partial charge in [-0.15, -0.1) is 0 Å². The first-order valence-electron chi connectivity index (χ1n) is 11.3. The summed E-state index contributed by atoms with van der Waals surface area (Å²) in [5.41, 5.74) is 2.14. The van der Waals surface area contributed by atoms with Gasteiger partial charge in [0, 0.05) is 19.6 Å². The number of carbonyl (C=O) groups excluding carboxylic acids is 2. The van der Waals surface area contributed by atoms with Crippen molar-refractivity contribution in [3.05, 3.63) is 60.2 Å². The van der Waals surface area contributed by atoms with E-state index in [4.69, 9.17) is 4.74 Å². The largest absolute Gasteiger partial charge is 0.477 e. The van der Waals surface area contributed by atoms with E-state index in [1.54, 1.807) is 0 Å². The van der Waals surface area contributed by atoms with Gasteiger partial charge in [-0.1, -0.05) is 42.5 Å². The van der Waals surface area contributed by atoms with Gasteiger partial charge < -0.3 is 19.9 Å². The lowest BCUT2D eigenvalue weighted by Gasteiger charge is -2.38. The van der Waals surface area contributed by atoms with Gasteiger partial charge in [-0.3, -0.25) is 9.59 Å². The van der Waals surface area contributed by atoms with Gasteiger partial charge in [0.15, 0.2) is 6.10 Å². The zero-order chi connectivity index (χ0) is 21.5. The first-order chi connectivity index (χ1) is 15.2. The number of para-hydroxylation sites is 2. The molecule has 0 aromatic heterocycles. The molecule has 0 bridgehead atoms. The fourth-order valence-corrected chi connectivity index (χ4v) is 4.30. The highest BCUT2D eigenvalue weighted by Crippen LogP contribution is 2.33. The molecule has 2 aliphatic heterocycles. The van der Waals surface area contributed by atoms with Crippen molar-refractivity contribution in [1.29, 1.82) is 0 Å². The quantitative estimate of drug-likeness (QED) is 0.698. The second-order valence-corrected chi connectivity index (χ2v) is 8.28. The van der Waals surface area contributed by atoms with Crippen LogP contribution in [0.15, 0.2) is 54.6 Å². The number of rotatable bonds is 7. The normalized spacial score (nSPS) is 18.1. The Labute approximate surface area is 184 Å². The van der Waals surface area contributed by atoms with Crippen molar-refractivity contribution in [3.63, 3.8) is 0 Å². The van der Waals surface area contributed by atoms with Crippen LogP contribution in [0.25, 0.3) is 0 Å². The third-order valence-corrected chi connectivity index (χ3v) is 5.95. The molecule has 1 saturated heterocycles. The van der Waals surface area contributed by atoms with E-state index in [0.717, 1.165) is 44.5 Å². The molecule has 0 radical (unpaired) electrons. The third-order valence-electron chi connectivity index (χ3n) is 5.95. The van der Waals surface area contributed by atoms with E-state index >= 15 is 0 Å². The summed E-state index contributed by atoms with van der Waals surface area (Å²) >= 11 is 0. The monoisotopic (exact) mass is 421 g/mol. The van der Waals surface area contributed by atoms with Gasteiger partial charge in [0.2, 0.25) is 5.91 Å². The van der Waals surface area contributed by atoms with Crippen molar-refractivity contribution in [1.82, 2.24) is 10.2 Å². The van der Waals surface area contributed by atoms with E-state index in [2.05, 4.69) is 17.4 Å². The van der Waals surface area contributed by atoms with E-state index in [9.17, 15) is 9.59 Å². The average Bonchev–Trinajstić information content (AvgIpc) is 2.82. The Kier molecular flexibility index (Phi) is 7.07. The van der Waals surface area contributed by atoms with E-state index in [-0.39, 0.29) is 18.4 Å². The number of carbonyl (C=O) groups is 2. The van der Waals surface area contributed by atoms with Gasteiger partial charge in [-0.2, -0.15) is 0 Å². The number of hydrogen-bond donors (Lipinski definition) is 1. The molecule has 2 aliphatic rings. The van der Waals surface area contributed by atoms with Gasteiger partial charge in [0.1, 0.15) is 5.75 Å². The average molecular weight is 422 g/mol. The molecule has 0 aliphatic carbocycles.